The van der Waals surface area contributed by atoms with Gasteiger partial charge in [-0.1, -0.05) is 11.2 Å². The molecule has 3 aliphatic rings. The highest BCUT2D eigenvalue weighted by atomic mass is 32.2. The second kappa shape index (κ2) is 9.78. The van der Waals surface area contributed by atoms with Crippen LogP contribution >= 0.6 is 0 Å². The lowest BCUT2D eigenvalue weighted by Crippen LogP contribution is -2.65. The Morgan fingerprint density at radius 1 is 1.19 bits per heavy atom. The molecule has 13 nitrogen and oxygen atoms in total. The number of hydrogen-bond acceptors (Lipinski definition) is 12. The van der Waals surface area contributed by atoms with E-state index in [1.165, 1.54) is 45.0 Å². The topological polar surface area (TPSA) is 222 Å². The van der Waals surface area contributed by atoms with Gasteiger partial charge in [-0.3, -0.25) is 19.3 Å². The van der Waals surface area contributed by atoms with Crippen molar-refractivity contribution in [2.75, 3.05) is 19.8 Å². The van der Waals surface area contributed by atoms with E-state index in [0.29, 0.717) is 11.1 Å². The Bertz CT molecular complexity index is 1720. The molecule has 0 unspecified atom stereocenters. The van der Waals surface area contributed by atoms with Crippen LogP contribution in [0.1, 0.15) is 34.6 Å². The first-order valence-electron chi connectivity index (χ1n) is 13.2. The fraction of sp³-hybridized carbons (Fsp3) is 0.429. The predicted molar refractivity (Wildman–Crippen MR) is 146 cm³/mol. The maximum absolute atomic E-state index is 13.9. The number of aryl methyl sites for hydroxylation is 3. The number of aliphatic hydroxyl groups is 3. The minimum atomic E-state index is -3.82. The second-order valence-corrected chi connectivity index (χ2v) is 13.3. The van der Waals surface area contributed by atoms with Gasteiger partial charge in [-0.05, 0) is 70.3 Å². The summed E-state index contributed by atoms with van der Waals surface area (Å²) in [6.07, 6.45) is -0.0160. The maximum Gasteiger partial charge on any atom is 0.255 e. The fourth-order valence-corrected chi connectivity index (χ4v) is 8.46. The number of ketones is 2. The van der Waals surface area contributed by atoms with Crippen LogP contribution in [0.5, 0.6) is 5.75 Å². The van der Waals surface area contributed by atoms with Gasteiger partial charge >= 0.3 is 0 Å². The summed E-state index contributed by atoms with van der Waals surface area (Å²) in [5, 5.41) is 48.4. The molecule has 2 aromatic rings. The van der Waals surface area contributed by atoms with Crippen molar-refractivity contribution in [1.82, 2.24) is 10.1 Å². The number of carbonyl (C=O) groups excluding carboxylic acids is 3. The zero-order valence-corrected chi connectivity index (χ0v) is 24.2. The van der Waals surface area contributed by atoms with E-state index in [-0.39, 0.29) is 58.3 Å². The number of benzene rings is 1. The largest absolute Gasteiger partial charge is 0.508 e. The van der Waals surface area contributed by atoms with Gasteiger partial charge in [-0.25, -0.2) is 8.42 Å². The van der Waals surface area contributed by atoms with Gasteiger partial charge in [-0.2, -0.15) is 0 Å². The van der Waals surface area contributed by atoms with E-state index in [4.69, 9.17) is 10.3 Å². The molecule has 3 aliphatic carbocycles. The van der Waals surface area contributed by atoms with Crippen LogP contribution in [-0.4, -0.2) is 87.9 Å². The van der Waals surface area contributed by atoms with E-state index in [2.05, 4.69) is 5.16 Å². The van der Waals surface area contributed by atoms with Crippen LogP contribution < -0.4 is 5.73 Å². The molecule has 1 aromatic carbocycles. The number of fused-ring (bicyclic) bond motifs is 3. The molecular formula is C28H31N3O10S. The summed E-state index contributed by atoms with van der Waals surface area (Å²) in [6.45, 7) is 3.02. The third kappa shape index (κ3) is 4.07. The van der Waals surface area contributed by atoms with Crippen LogP contribution in [0.4, 0.5) is 0 Å². The number of nitrogens with two attached hydrogens (primary N) is 1. The van der Waals surface area contributed by atoms with E-state index < -0.39 is 67.9 Å². The van der Waals surface area contributed by atoms with Gasteiger partial charge in [0.2, 0.25) is 5.78 Å². The molecule has 1 saturated carbocycles. The van der Waals surface area contributed by atoms with Crippen molar-refractivity contribution in [3.8, 4) is 5.75 Å². The molecule has 6 N–H and O–H groups in total. The fourth-order valence-electron chi connectivity index (χ4n) is 6.81. The Morgan fingerprint density at radius 2 is 1.86 bits per heavy atom. The van der Waals surface area contributed by atoms with Crippen molar-refractivity contribution in [3.63, 3.8) is 0 Å². The molecule has 0 saturated heterocycles. The maximum atomic E-state index is 13.9. The van der Waals surface area contributed by atoms with Gasteiger partial charge in [0.1, 0.15) is 27.7 Å². The third-order valence-corrected chi connectivity index (χ3v) is 10.6. The molecule has 0 spiro atoms. The van der Waals surface area contributed by atoms with Gasteiger partial charge in [0.05, 0.1) is 23.1 Å². The minimum absolute atomic E-state index is 0.00257. The first-order valence-corrected chi connectivity index (χ1v) is 14.8. The number of aromatic hydroxyl groups is 1. The van der Waals surface area contributed by atoms with E-state index in [1.807, 2.05) is 0 Å². The number of aliphatic hydroxyl groups excluding tert-OH is 2. The number of sulfone groups is 1. The average molecular weight is 602 g/mol. The SMILES string of the molecule is Cc1noc(C)c1S(=O)(=O)CCc1ccc(O)c2c1C[C@@H]1C[C@@H]3[C@@H](N(C)C)C(=O)C(C(N)=O)=C(O)[C@]3(O)C(=O)C1=C2O. The Hall–Kier alpha value is -4.01. The third-order valence-electron chi connectivity index (χ3n) is 8.62. The van der Waals surface area contributed by atoms with Crippen molar-refractivity contribution in [2.24, 2.45) is 17.6 Å². The molecule has 0 bridgehead atoms. The first-order chi connectivity index (χ1) is 19.5. The summed E-state index contributed by atoms with van der Waals surface area (Å²) >= 11 is 0. The number of likely N-dealkylation sites (N-methyl/N-ethyl adjacent to an activating group) is 1. The number of carbonyl (C=O) groups is 3. The van der Waals surface area contributed by atoms with Crippen LogP contribution in [-0.2, 0) is 37.1 Å². The molecule has 14 heteroatoms. The number of aromatic nitrogens is 1. The summed E-state index contributed by atoms with van der Waals surface area (Å²) in [5.41, 5.74) is 2.48. The zero-order valence-electron chi connectivity index (χ0n) is 23.3. The highest BCUT2D eigenvalue weighted by Gasteiger charge is 2.64. The van der Waals surface area contributed by atoms with Crippen LogP contribution in [0, 0.1) is 25.7 Å². The number of phenols is 1. The molecule has 1 aromatic heterocycles. The van der Waals surface area contributed by atoms with Crippen molar-refractivity contribution in [2.45, 2.75) is 49.6 Å². The summed E-state index contributed by atoms with van der Waals surface area (Å²) in [5.74, 6) is -7.61. The molecule has 5 rings (SSSR count). The molecule has 1 amide bonds. The van der Waals surface area contributed by atoms with Crippen molar-refractivity contribution in [3.05, 3.63) is 57.2 Å². The highest BCUT2D eigenvalue weighted by Crippen LogP contribution is 2.53. The number of rotatable bonds is 6. The smallest absolute Gasteiger partial charge is 0.255 e. The predicted octanol–water partition coefficient (Wildman–Crippen LogP) is 0.585. The summed E-state index contributed by atoms with van der Waals surface area (Å²) in [6, 6.07) is 1.60. The normalized spacial score (nSPS) is 25.9. The summed E-state index contributed by atoms with van der Waals surface area (Å²) in [4.78, 5) is 40.7. The van der Waals surface area contributed by atoms with Gasteiger partial charge in [0.25, 0.3) is 5.91 Å². The van der Waals surface area contributed by atoms with Crippen molar-refractivity contribution >= 4 is 33.1 Å². The molecule has 224 valence electrons. The minimum Gasteiger partial charge on any atom is -0.508 e. The number of primary amides is 1. The second-order valence-electron chi connectivity index (χ2n) is 11.3. The van der Waals surface area contributed by atoms with Crippen molar-refractivity contribution < 1.29 is 47.8 Å². The lowest BCUT2D eigenvalue weighted by Gasteiger charge is -2.50. The molecule has 1 heterocycles. The van der Waals surface area contributed by atoms with E-state index >= 15 is 0 Å². The number of amides is 1. The van der Waals surface area contributed by atoms with E-state index in [0.717, 1.165) is 0 Å². The number of nitrogens with zero attached hydrogens (tertiary/aromatic N) is 2. The average Bonchev–Trinajstić information content (AvgIpc) is 3.23. The van der Waals surface area contributed by atoms with Crippen molar-refractivity contribution in [1.29, 1.82) is 0 Å². The van der Waals surface area contributed by atoms with Crippen LogP contribution in [0.15, 0.2) is 38.5 Å². The Kier molecular flexibility index (Phi) is 6.87. The zero-order chi connectivity index (χ0) is 31.0. The van der Waals surface area contributed by atoms with Gasteiger partial charge < -0.3 is 30.7 Å². The number of Topliss-reactive ketones (excluding diaryl/α,β-unsaturated/α-hetero) is 2. The van der Waals surface area contributed by atoms with Gasteiger partial charge in [0.15, 0.2) is 27.0 Å². The molecule has 4 atom stereocenters. The number of hydrogen-bond donors (Lipinski definition) is 5. The van der Waals surface area contributed by atoms with Gasteiger partial charge in [0, 0.05) is 11.5 Å². The summed E-state index contributed by atoms with van der Waals surface area (Å²) in [7, 11) is -0.784. The Morgan fingerprint density at radius 3 is 2.43 bits per heavy atom. The molecule has 1 fully saturated rings. The number of phenolic OH excluding ortho intramolecular Hbond substituents is 1. The van der Waals surface area contributed by atoms with Gasteiger partial charge in [-0.15, -0.1) is 0 Å². The molecule has 0 radical (unpaired) electrons. The summed E-state index contributed by atoms with van der Waals surface area (Å²) < 4.78 is 31.3. The van der Waals surface area contributed by atoms with Crippen LogP contribution in [0.3, 0.4) is 0 Å². The highest BCUT2D eigenvalue weighted by molar-refractivity contribution is 7.91. The van der Waals surface area contributed by atoms with E-state index in [1.54, 1.807) is 0 Å². The Balaban J connectivity index is 1.61. The quantitative estimate of drug-likeness (QED) is 0.287. The first kappa shape index (κ1) is 29.5. The monoisotopic (exact) mass is 601 g/mol. The standard InChI is InChI=1S/C28H31N3O10S/c1-11-24(12(2)41-30-11)42(39,40)8-7-13-5-6-17(32)19-15(13)9-14-10-16-21(31(3)4)23(34)20(27(29)37)26(36)28(16,38)25(35)18(14)22(19)33/h5-6,14,16,21,32-33,36,38H,7-10H2,1-4H3,(H2,29,37)/t14-,16-,21-,28-/m1/s1. The lowest BCUT2D eigenvalue weighted by molar-refractivity contribution is -0.153. The molecule has 0 aliphatic heterocycles. The molecular weight excluding hydrogens is 570 g/mol. The molecule has 42 heavy (non-hydrogen) atoms. The van der Waals surface area contributed by atoms with Crippen LogP contribution in [0.2, 0.25) is 0 Å². The van der Waals surface area contributed by atoms with E-state index in [9.17, 15) is 43.2 Å². The lowest BCUT2D eigenvalue weighted by atomic mass is 9.57. The Labute approximate surface area is 240 Å². The van der Waals surface area contributed by atoms with Crippen LogP contribution in [0.25, 0.3) is 5.76 Å².